The number of hydrogen-bond donors (Lipinski definition) is 1. The first-order valence-electron chi connectivity index (χ1n) is 10.1. The van der Waals surface area contributed by atoms with Crippen molar-refractivity contribution in [1.29, 1.82) is 0 Å². The highest BCUT2D eigenvalue weighted by atomic mass is 16.5. The van der Waals surface area contributed by atoms with Crippen LogP contribution in [0.3, 0.4) is 0 Å². The molecule has 1 atom stereocenters. The molecule has 156 valence electrons. The third kappa shape index (κ3) is 3.55. The first-order valence-corrected chi connectivity index (χ1v) is 10.1. The lowest BCUT2D eigenvalue weighted by Gasteiger charge is -2.50. The molecule has 0 aliphatic carbocycles. The molecule has 1 spiro atoms. The van der Waals surface area contributed by atoms with E-state index in [0.717, 1.165) is 17.8 Å². The summed E-state index contributed by atoms with van der Waals surface area (Å²) < 4.78 is 6.92. The Balaban J connectivity index is 1.48. The fourth-order valence-corrected chi connectivity index (χ4v) is 4.69. The number of aromatic nitrogens is 4. The first-order chi connectivity index (χ1) is 14.0. The average molecular weight is 400 g/mol. The van der Waals surface area contributed by atoms with Gasteiger partial charge in [0.2, 0.25) is 11.8 Å². The van der Waals surface area contributed by atoms with Crippen LogP contribution in [-0.4, -0.2) is 74.7 Å². The number of nitrogens with zero attached hydrogens (tertiary/aromatic N) is 5. The zero-order valence-electron chi connectivity index (χ0n) is 17.0. The van der Waals surface area contributed by atoms with E-state index >= 15 is 0 Å². The van der Waals surface area contributed by atoms with Gasteiger partial charge in [0.25, 0.3) is 0 Å². The van der Waals surface area contributed by atoms with E-state index in [9.17, 15) is 9.59 Å². The maximum Gasteiger partial charge on any atom is 0.249 e. The molecule has 0 bridgehead atoms. The Morgan fingerprint density at radius 2 is 2.07 bits per heavy atom. The molecular weight excluding hydrogens is 372 g/mol. The fourth-order valence-electron chi connectivity index (χ4n) is 4.69. The van der Waals surface area contributed by atoms with Crippen LogP contribution in [0.5, 0.6) is 0 Å². The number of aromatic amines is 1. The van der Waals surface area contributed by atoms with Gasteiger partial charge < -0.3 is 19.5 Å². The van der Waals surface area contributed by atoms with Crippen molar-refractivity contribution in [2.24, 2.45) is 0 Å². The molecule has 9 nitrogen and oxygen atoms in total. The number of fused-ring (bicyclic) bond motifs is 2. The molecule has 0 unspecified atom stereocenters. The van der Waals surface area contributed by atoms with Crippen LogP contribution in [-0.2, 0) is 26.3 Å². The molecule has 1 N–H and O–H groups in total. The van der Waals surface area contributed by atoms with Gasteiger partial charge in [-0.2, -0.15) is 5.10 Å². The third-order valence-electron chi connectivity index (χ3n) is 6.22. The molecule has 9 heteroatoms. The summed E-state index contributed by atoms with van der Waals surface area (Å²) in [5, 5.41) is 4.23. The van der Waals surface area contributed by atoms with E-state index in [1.807, 2.05) is 33.7 Å². The van der Waals surface area contributed by atoms with Gasteiger partial charge in [0.1, 0.15) is 6.61 Å². The van der Waals surface area contributed by atoms with Crippen molar-refractivity contribution >= 4 is 11.8 Å². The van der Waals surface area contributed by atoms with E-state index in [4.69, 9.17) is 4.74 Å². The molecule has 1 fully saturated rings. The molecule has 4 rings (SSSR count). The predicted molar refractivity (Wildman–Crippen MR) is 105 cm³/mol. The average Bonchev–Trinajstić information content (AvgIpc) is 3.41. The minimum Gasteiger partial charge on any atom is -0.375 e. The SMILES string of the molecule is COCC(=O)N1CCc2[nH]cnc2C12CCN(C(=O)C[C@H](C)n1cccn1)CC2. The van der Waals surface area contributed by atoms with Crippen molar-refractivity contribution in [3.8, 4) is 0 Å². The molecular formula is C20H28N6O3. The molecule has 2 amide bonds. The Hall–Kier alpha value is -2.68. The van der Waals surface area contributed by atoms with Gasteiger partial charge in [0.05, 0.1) is 23.6 Å². The van der Waals surface area contributed by atoms with Gasteiger partial charge in [-0.3, -0.25) is 14.3 Å². The minimum atomic E-state index is -0.465. The quantitative estimate of drug-likeness (QED) is 0.811. The Morgan fingerprint density at radius 1 is 1.28 bits per heavy atom. The van der Waals surface area contributed by atoms with E-state index in [2.05, 4.69) is 15.1 Å². The van der Waals surface area contributed by atoms with E-state index in [0.29, 0.717) is 38.9 Å². The maximum absolute atomic E-state index is 12.9. The number of piperidine rings is 1. The smallest absolute Gasteiger partial charge is 0.249 e. The van der Waals surface area contributed by atoms with Crippen LogP contribution >= 0.6 is 0 Å². The number of methoxy groups -OCH3 is 1. The Kier molecular flexibility index (Phi) is 5.40. The lowest BCUT2D eigenvalue weighted by atomic mass is 9.78. The van der Waals surface area contributed by atoms with Crippen LogP contribution < -0.4 is 0 Å². The van der Waals surface area contributed by atoms with Crippen molar-refractivity contribution in [3.05, 3.63) is 36.2 Å². The number of rotatable bonds is 5. The second kappa shape index (κ2) is 7.98. The number of nitrogens with one attached hydrogen (secondary N) is 1. The maximum atomic E-state index is 12.9. The summed E-state index contributed by atoms with van der Waals surface area (Å²) in [6.45, 7) is 3.91. The molecule has 1 saturated heterocycles. The van der Waals surface area contributed by atoms with Gasteiger partial charge in [0, 0.05) is 57.7 Å². The van der Waals surface area contributed by atoms with Crippen LogP contribution in [0.4, 0.5) is 0 Å². The second-order valence-corrected chi connectivity index (χ2v) is 7.91. The van der Waals surface area contributed by atoms with Crippen LogP contribution in [0.2, 0.25) is 0 Å². The van der Waals surface area contributed by atoms with Crippen molar-refractivity contribution in [1.82, 2.24) is 29.5 Å². The van der Waals surface area contributed by atoms with Gasteiger partial charge in [-0.15, -0.1) is 0 Å². The Bertz CT molecular complexity index is 853. The number of hydrogen-bond acceptors (Lipinski definition) is 5. The largest absolute Gasteiger partial charge is 0.375 e. The van der Waals surface area contributed by atoms with Gasteiger partial charge in [0.15, 0.2) is 0 Å². The number of imidazole rings is 1. The molecule has 2 aliphatic heterocycles. The highest BCUT2D eigenvalue weighted by molar-refractivity contribution is 5.79. The monoisotopic (exact) mass is 400 g/mol. The summed E-state index contributed by atoms with van der Waals surface area (Å²) in [4.78, 5) is 37.3. The summed E-state index contributed by atoms with van der Waals surface area (Å²) in [5.41, 5.74) is 1.58. The number of carbonyl (C=O) groups excluding carboxylic acids is 2. The molecule has 0 saturated carbocycles. The fraction of sp³-hybridized carbons (Fsp3) is 0.600. The first kappa shape index (κ1) is 19.6. The van der Waals surface area contributed by atoms with E-state index in [1.165, 1.54) is 7.11 Å². The van der Waals surface area contributed by atoms with E-state index < -0.39 is 5.54 Å². The lowest BCUT2D eigenvalue weighted by molar-refractivity contribution is -0.148. The van der Waals surface area contributed by atoms with Crippen LogP contribution in [0, 0.1) is 0 Å². The van der Waals surface area contributed by atoms with Crippen LogP contribution in [0.15, 0.2) is 24.8 Å². The Morgan fingerprint density at radius 3 is 2.76 bits per heavy atom. The normalized spacial score (nSPS) is 19.2. The van der Waals surface area contributed by atoms with Gasteiger partial charge in [-0.1, -0.05) is 0 Å². The van der Waals surface area contributed by atoms with Crippen molar-refractivity contribution in [3.63, 3.8) is 0 Å². The number of ether oxygens (including phenoxy) is 1. The molecule has 2 aromatic rings. The lowest BCUT2D eigenvalue weighted by Crippen LogP contribution is -2.59. The van der Waals surface area contributed by atoms with Crippen LogP contribution in [0.1, 0.15) is 43.6 Å². The molecule has 4 heterocycles. The summed E-state index contributed by atoms with van der Waals surface area (Å²) in [5.74, 6) is 0.101. The predicted octanol–water partition coefficient (Wildman–Crippen LogP) is 1.11. The zero-order chi connectivity index (χ0) is 20.4. The summed E-state index contributed by atoms with van der Waals surface area (Å²) in [7, 11) is 1.54. The number of likely N-dealkylation sites (tertiary alicyclic amines) is 1. The molecule has 2 aromatic heterocycles. The second-order valence-electron chi connectivity index (χ2n) is 7.91. The molecule has 0 radical (unpaired) electrons. The third-order valence-corrected chi connectivity index (χ3v) is 6.22. The van der Waals surface area contributed by atoms with Crippen molar-refractivity contribution in [2.45, 2.75) is 44.2 Å². The molecule has 0 aromatic carbocycles. The summed E-state index contributed by atoms with van der Waals surface area (Å²) in [6, 6.07) is 1.88. The Labute approximate surface area is 170 Å². The molecule has 2 aliphatic rings. The highest BCUT2D eigenvalue weighted by Crippen LogP contribution is 2.42. The highest BCUT2D eigenvalue weighted by Gasteiger charge is 2.49. The number of carbonyl (C=O) groups is 2. The number of H-pyrrole nitrogens is 1. The summed E-state index contributed by atoms with van der Waals surface area (Å²) >= 11 is 0. The van der Waals surface area contributed by atoms with Gasteiger partial charge in [-0.05, 0) is 25.8 Å². The minimum absolute atomic E-state index is 0.0146. The summed E-state index contributed by atoms with van der Waals surface area (Å²) in [6.07, 6.45) is 7.85. The van der Waals surface area contributed by atoms with Gasteiger partial charge >= 0.3 is 0 Å². The van der Waals surface area contributed by atoms with Crippen molar-refractivity contribution < 1.29 is 14.3 Å². The zero-order valence-corrected chi connectivity index (χ0v) is 17.0. The molecule has 29 heavy (non-hydrogen) atoms. The van der Waals surface area contributed by atoms with E-state index in [-0.39, 0.29) is 24.5 Å². The van der Waals surface area contributed by atoms with Crippen LogP contribution in [0.25, 0.3) is 0 Å². The van der Waals surface area contributed by atoms with E-state index in [1.54, 1.807) is 12.5 Å². The van der Waals surface area contributed by atoms with Crippen molar-refractivity contribution in [2.75, 3.05) is 33.4 Å². The van der Waals surface area contributed by atoms with Gasteiger partial charge in [-0.25, -0.2) is 4.98 Å². The number of amides is 2. The topological polar surface area (TPSA) is 96.4 Å². The standard InChI is InChI=1S/C20H28N6O3/c1-15(26-8-3-7-23-26)12-17(27)24-10-5-20(6-11-24)19-16(21-14-22-19)4-9-25(20)18(28)13-29-2/h3,7-8,14-15H,4-6,9-13H2,1-2H3,(H,21,22)/t15-/m0/s1.